The molecule has 0 saturated heterocycles. The summed E-state index contributed by atoms with van der Waals surface area (Å²) < 4.78 is 10.8. The topological polar surface area (TPSA) is 69.7 Å². The van der Waals surface area contributed by atoms with E-state index in [0.29, 0.717) is 16.9 Å². The summed E-state index contributed by atoms with van der Waals surface area (Å²) in [5.74, 6) is -0.675. The number of hydrogen-bond acceptors (Lipinski definition) is 5. The molecular weight excluding hydrogens is 368 g/mol. The lowest BCUT2D eigenvalue weighted by atomic mass is 9.82. The normalized spacial score (nSPS) is 12.2. The second kappa shape index (κ2) is 7.36. The van der Waals surface area contributed by atoms with Crippen LogP contribution in [0.5, 0.6) is 5.75 Å². The lowest BCUT2D eigenvalue weighted by Crippen LogP contribution is -2.24. The van der Waals surface area contributed by atoms with Crippen LogP contribution in [0.2, 0.25) is 0 Å². The first kappa shape index (κ1) is 18.6. The van der Waals surface area contributed by atoms with E-state index >= 15 is 0 Å². The Morgan fingerprint density at radius 3 is 2.28 bits per heavy atom. The number of esters is 1. The molecule has 0 unspecified atom stereocenters. The summed E-state index contributed by atoms with van der Waals surface area (Å²) in [5, 5.41) is 0. The minimum absolute atomic E-state index is 0.00786. The van der Waals surface area contributed by atoms with Crippen molar-refractivity contribution < 1.29 is 23.9 Å². The number of carbonyl (C=O) groups is 3. The van der Waals surface area contributed by atoms with Gasteiger partial charge in [0, 0.05) is 27.8 Å². The Labute approximate surface area is 167 Å². The Morgan fingerprint density at radius 2 is 1.55 bits per heavy atom. The third kappa shape index (κ3) is 3.21. The maximum absolute atomic E-state index is 13.0. The average molecular weight is 386 g/mol. The van der Waals surface area contributed by atoms with Crippen LogP contribution in [0.25, 0.3) is 0 Å². The summed E-state index contributed by atoms with van der Waals surface area (Å²) >= 11 is 0. The van der Waals surface area contributed by atoms with Crippen molar-refractivity contribution in [3.8, 4) is 5.75 Å². The second-order valence-corrected chi connectivity index (χ2v) is 6.82. The third-order valence-corrected chi connectivity index (χ3v) is 4.97. The van der Waals surface area contributed by atoms with Crippen LogP contribution in [0.4, 0.5) is 0 Å². The molecule has 144 valence electrons. The number of ether oxygens (including phenoxy) is 2. The first-order chi connectivity index (χ1) is 14.0. The van der Waals surface area contributed by atoms with Crippen molar-refractivity contribution in [3.05, 3.63) is 99.6 Å². The second-order valence-electron chi connectivity index (χ2n) is 6.82. The van der Waals surface area contributed by atoms with E-state index in [1.807, 2.05) is 25.1 Å². The smallest absolute Gasteiger partial charge is 0.339 e. The molecule has 0 aliphatic heterocycles. The number of benzene rings is 3. The molecule has 0 amide bonds. The first-order valence-electron chi connectivity index (χ1n) is 9.13. The van der Waals surface area contributed by atoms with Gasteiger partial charge in [-0.1, -0.05) is 48.0 Å². The fourth-order valence-corrected chi connectivity index (χ4v) is 3.56. The Balaban J connectivity index is 1.67. The molecule has 0 spiro atoms. The molecule has 1 aliphatic carbocycles. The average Bonchev–Trinajstić information content (AvgIpc) is 2.75. The summed E-state index contributed by atoms with van der Waals surface area (Å²) in [7, 11) is 1.55. The highest BCUT2D eigenvalue weighted by Crippen LogP contribution is 2.30. The van der Waals surface area contributed by atoms with E-state index in [1.165, 1.54) is 6.07 Å². The molecule has 5 heteroatoms. The highest BCUT2D eigenvalue weighted by molar-refractivity contribution is 6.30. The fraction of sp³-hybridized carbons (Fsp3) is 0.125. The van der Waals surface area contributed by atoms with Crippen molar-refractivity contribution in [3.63, 3.8) is 0 Å². The molecule has 5 nitrogen and oxygen atoms in total. The van der Waals surface area contributed by atoms with Gasteiger partial charge in [-0.25, -0.2) is 4.79 Å². The standard InChI is InChI=1S/C24H18O5/c1-14-10-11-20(28-2)15(12-14)13-29-24(27)19-9-5-8-18-21(19)23(26)17-7-4-3-6-16(17)22(18)25/h3-12H,13H2,1-2H3. The fourth-order valence-electron chi connectivity index (χ4n) is 3.56. The molecule has 0 aromatic heterocycles. The summed E-state index contributed by atoms with van der Waals surface area (Å²) in [4.78, 5) is 38.6. The Morgan fingerprint density at radius 1 is 0.862 bits per heavy atom. The van der Waals surface area contributed by atoms with Crippen LogP contribution in [-0.2, 0) is 11.3 Å². The molecule has 0 heterocycles. The Kier molecular flexibility index (Phi) is 4.72. The quantitative estimate of drug-likeness (QED) is 0.493. The number of rotatable bonds is 4. The van der Waals surface area contributed by atoms with Crippen LogP contribution < -0.4 is 4.74 Å². The van der Waals surface area contributed by atoms with Crippen molar-refractivity contribution in [2.24, 2.45) is 0 Å². The zero-order chi connectivity index (χ0) is 20.5. The number of methoxy groups -OCH3 is 1. The van der Waals surface area contributed by atoms with Gasteiger partial charge in [-0.3, -0.25) is 9.59 Å². The molecule has 4 rings (SSSR count). The molecule has 29 heavy (non-hydrogen) atoms. The first-order valence-corrected chi connectivity index (χ1v) is 9.13. The van der Waals surface area contributed by atoms with E-state index < -0.39 is 5.97 Å². The van der Waals surface area contributed by atoms with E-state index in [0.717, 1.165) is 11.1 Å². The highest BCUT2D eigenvalue weighted by atomic mass is 16.5. The zero-order valence-electron chi connectivity index (χ0n) is 16.0. The van der Waals surface area contributed by atoms with Crippen LogP contribution in [0.15, 0.2) is 60.7 Å². The van der Waals surface area contributed by atoms with Crippen molar-refractivity contribution in [1.29, 1.82) is 0 Å². The van der Waals surface area contributed by atoms with E-state index in [1.54, 1.807) is 43.5 Å². The largest absolute Gasteiger partial charge is 0.496 e. The Bertz CT molecular complexity index is 1160. The Hall–Kier alpha value is -3.73. The molecule has 0 fully saturated rings. The van der Waals surface area contributed by atoms with Gasteiger partial charge in [-0.2, -0.15) is 0 Å². The van der Waals surface area contributed by atoms with Gasteiger partial charge in [0.1, 0.15) is 12.4 Å². The van der Waals surface area contributed by atoms with Crippen molar-refractivity contribution >= 4 is 17.5 Å². The maximum Gasteiger partial charge on any atom is 0.339 e. The predicted molar refractivity (Wildman–Crippen MR) is 107 cm³/mol. The van der Waals surface area contributed by atoms with Gasteiger partial charge in [0.05, 0.1) is 12.7 Å². The molecular formula is C24H18O5. The molecule has 0 N–H and O–H groups in total. The van der Waals surface area contributed by atoms with Crippen molar-refractivity contribution in [2.45, 2.75) is 13.5 Å². The maximum atomic E-state index is 13.0. The number of hydrogen-bond donors (Lipinski definition) is 0. The van der Waals surface area contributed by atoms with Gasteiger partial charge in [0.25, 0.3) is 0 Å². The molecule has 0 bridgehead atoms. The lowest BCUT2D eigenvalue weighted by Gasteiger charge is -2.19. The summed E-state index contributed by atoms with van der Waals surface area (Å²) in [6.45, 7) is 1.92. The number of aryl methyl sites for hydroxylation is 1. The summed E-state index contributed by atoms with van der Waals surface area (Å²) in [6.07, 6.45) is 0. The minimum Gasteiger partial charge on any atom is -0.496 e. The van der Waals surface area contributed by atoms with Crippen LogP contribution in [0.1, 0.15) is 53.3 Å². The van der Waals surface area contributed by atoms with Gasteiger partial charge in [-0.15, -0.1) is 0 Å². The van der Waals surface area contributed by atoms with Crippen LogP contribution in [0.3, 0.4) is 0 Å². The van der Waals surface area contributed by atoms with Crippen LogP contribution >= 0.6 is 0 Å². The van der Waals surface area contributed by atoms with E-state index in [4.69, 9.17) is 9.47 Å². The SMILES string of the molecule is COc1ccc(C)cc1COC(=O)c1cccc2c1C(=O)c1ccccc1C2=O. The summed E-state index contributed by atoms with van der Waals surface area (Å²) in [6, 6.07) is 16.9. The molecule has 0 atom stereocenters. The van der Waals surface area contributed by atoms with Crippen LogP contribution in [0, 0.1) is 6.92 Å². The van der Waals surface area contributed by atoms with Gasteiger partial charge in [0.15, 0.2) is 11.6 Å². The molecule has 1 aliphatic rings. The molecule has 0 saturated carbocycles. The monoisotopic (exact) mass is 386 g/mol. The number of fused-ring (bicyclic) bond motifs is 2. The number of ketones is 2. The third-order valence-electron chi connectivity index (χ3n) is 4.97. The van der Waals surface area contributed by atoms with Gasteiger partial charge < -0.3 is 9.47 Å². The van der Waals surface area contributed by atoms with Crippen molar-refractivity contribution in [2.75, 3.05) is 7.11 Å². The van der Waals surface area contributed by atoms with E-state index in [9.17, 15) is 14.4 Å². The van der Waals surface area contributed by atoms with Crippen molar-refractivity contribution in [1.82, 2.24) is 0 Å². The van der Waals surface area contributed by atoms with Crippen LogP contribution in [-0.4, -0.2) is 24.6 Å². The number of carbonyl (C=O) groups excluding carboxylic acids is 3. The van der Waals surface area contributed by atoms with Gasteiger partial charge in [0.2, 0.25) is 0 Å². The predicted octanol–water partition coefficient (Wildman–Crippen LogP) is 4.14. The van der Waals surface area contributed by atoms with E-state index in [-0.39, 0.29) is 34.9 Å². The van der Waals surface area contributed by atoms with E-state index in [2.05, 4.69) is 0 Å². The minimum atomic E-state index is -0.661. The molecule has 0 radical (unpaired) electrons. The van der Waals surface area contributed by atoms with Gasteiger partial charge in [-0.05, 0) is 25.1 Å². The van der Waals surface area contributed by atoms with Gasteiger partial charge >= 0.3 is 5.97 Å². The molecule has 3 aromatic rings. The highest BCUT2D eigenvalue weighted by Gasteiger charge is 2.33. The summed E-state index contributed by atoms with van der Waals surface area (Å²) in [5.41, 5.74) is 2.77. The molecule has 3 aromatic carbocycles. The zero-order valence-corrected chi connectivity index (χ0v) is 16.0. The lowest BCUT2D eigenvalue weighted by molar-refractivity contribution is 0.0467.